The SMILES string of the molecule is O=C(Nc1cc(C2CCCC2)ccc1I)N1CCC(F)(F)CC1. The zero-order chi connectivity index (χ0) is 16.4. The largest absolute Gasteiger partial charge is 0.324 e. The lowest BCUT2D eigenvalue weighted by Gasteiger charge is -2.31. The van der Waals surface area contributed by atoms with Gasteiger partial charge in [-0.15, -0.1) is 0 Å². The normalized spacial score (nSPS) is 21.4. The average molecular weight is 434 g/mol. The summed E-state index contributed by atoms with van der Waals surface area (Å²) in [6.07, 6.45) is 4.43. The Kier molecular flexibility index (Phi) is 5.08. The van der Waals surface area contributed by atoms with Crippen LogP contribution in [0, 0.1) is 3.57 Å². The molecule has 1 heterocycles. The van der Waals surface area contributed by atoms with E-state index in [1.165, 1.54) is 36.1 Å². The highest BCUT2D eigenvalue weighted by Crippen LogP contribution is 2.36. The molecule has 1 N–H and O–H groups in total. The first-order valence-electron chi connectivity index (χ1n) is 8.18. The molecule has 0 aromatic heterocycles. The summed E-state index contributed by atoms with van der Waals surface area (Å²) in [6.45, 7) is 0.218. The van der Waals surface area contributed by atoms with Crippen LogP contribution in [0.4, 0.5) is 19.3 Å². The quantitative estimate of drug-likeness (QED) is 0.637. The van der Waals surface area contributed by atoms with Gasteiger partial charge in [-0.2, -0.15) is 0 Å². The number of rotatable bonds is 2. The van der Waals surface area contributed by atoms with E-state index in [1.807, 2.05) is 12.1 Å². The molecule has 0 bridgehead atoms. The van der Waals surface area contributed by atoms with Gasteiger partial charge in [-0.25, -0.2) is 13.6 Å². The Labute approximate surface area is 148 Å². The number of piperidine rings is 1. The molecular weight excluding hydrogens is 413 g/mol. The molecule has 2 amide bonds. The first-order valence-corrected chi connectivity index (χ1v) is 9.26. The fraction of sp³-hybridized carbons (Fsp3) is 0.588. The molecule has 23 heavy (non-hydrogen) atoms. The minimum atomic E-state index is -2.63. The molecule has 0 radical (unpaired) electrons. The van der Waals surface area contributed by atoms with E-state index in [2.05, 4.69) is 34.0 Å². The molecule has 126 valence electrons. The molecule has 3 nitrogen and oxygen atoms in total. The Morgan fingerprint density at radius 3 is 2.52 bits per heavy atom. The standard InChI is InChI=1S/C17H21F2IN2O/c18-17(19)7-9-22(10-8-17)16(23)21-15-11-13(5-6-14(15)20)12-3-1-2-4-12/h5-6,11-12H,1-4,7-10H2,(H,21,23). The van der Waals surface area contributed by atoms with Crippen molar-refractivity contribution < 1.29 is 13.6 Å². The first kappa shape index (κ1) is 16.9. The van der Waals surface area contributed by atoms with Gasteiger partial charge >= 0.3 is 6.03 Å². The van der Waals surface area contributed by atoms with Gasteiger partial charge in [0.1, 0.15) is 0 Å². The molecule has 6 heteroatoms. The fourth-order valence-corrected chi connectivity index (χ4v) is 3.85. The van der Waals surface area contributed by atoms with Crippen LogP contribution in [-0.4, -0.2) is 29.9 Å². The van der Waals surface area contributed by atoms with Crippen LogP contribution in [-0.2, 0) is 0 Å². The molecule has 0 unspecified atom stereocenters. The van der Waals surface area contributed by atoms with Crippen molar-refractivity contribution in [2.75, 3.05) is 18.4 Å². The number of likely N-dealkylation sites (tertiary alicyclic amines) is 1. The van der Waals surface area contributed by atoms with E-state index in [9.17, 15) is 13.6 Å². The third-order valence-corrected chi connectivity index (χ3v) is 5.78. The van der Waals surface area contributed by atoms with Crippen molar-refractivity contribution in [2.24, 2.45) is 0 Å². The van der Waals surface area contributed by atoms with Crippen LogP contribution >= 0.6 is 22.6 Å². The van der Waals surface area contributed by atoms with Crippen LogP contribution in [0.25, 0.3) is 0 Å². The Morgan fingerprint density at radius 2 is 1.87 bits per heavy atom. The van der Waals surface area contributed by atoms with Crippen LogP contribution in [0.15, 0.2) is 18.2 Å². The zero-order valence-electron chi connectivity index (χ0n) is 13.0. The highest BCUT2D eigenvalue weighted by atomic mass is 127. The van der Waals surface area contributed by atoms with Gasteiger partial charge in [-0.1, -0.05) is 18.9 Å². The van der Waals surface area contributed by atoms with Crippen LogP contribution < -0.4 is 5.32 Å². The van der Waals surface area contributed by atoms with E-state index in [0.29, 0.717) is 5.92 Å². The number of nitrogens with zero attached hydrogens (tertiary/aromatic N) is 1. The number of carbonyl (C=O) groups excluding carboxylic acids is 1. The molecule has 2 fully saturated rings. The van der Waals surface area contributed by atoms with E-state index >= 15 is 0 Å². The third-order valence-electron chi connectivity index (χ3n) is 4.84. The average Bonchev–Trinajstić information content (AvgIpc) is 3.03. The summed E-state index contributed by atoms with van der Waals surface area (Å²) in [5.41, 5.74) is 2.06. The smallest absolute Gasteiger partial charge is 0.321 e. The maximum Gasteiger partial charge on any atom is 0.321 e. The van der Waals surface area contributed by atoms with Gasteiger partial charge in [0.15, 0.2) is 0 Å². The van der Waals surface area contributed by atoms with Gasteiger partial charge < -0.3 is 10.2 Å². The van der Waals surface area contributed by atoms with Crippen molar-refractivity contribution in [3.8, 4) is 0 Å². The van der Waals surface area contributed by atoms with Gasteiger partial charge in [-0.05, 0) is 59.0 Å². The molecule has 2 aliphatic rings. The number of carbonyl (C=O) groups is 1. The third kappa shape index (κ3) is 4.14. The Balaban J connectivity index is 1.67. The van der Waals surface area contributed by atoms with Crippen molar-refractivity contribution in [3.63, 3.8) is 0 Å². The van der Waals surface area contributed by atoms with Crippen LogP contribution in [0.1, 0.15) is 50.0 Å². The second-order valence-corrected chi connectivity index (χ2v) is 7.66. The van der Waals surface area contributed by atoms with E-state index in [0.717, 1.165) is 9.26 Å². The van der Waals surface area contributed by atoms with E-state index < -0.39 is 5.92 Å². The number of hydrogen-bond acceptors (Lipinski definition) is 1. The molecule has 0 atom stereocenters. The summed E-state index contributed by atoms with van der Waals surface area (Å²) in [4.78, 5) is 13.8. The highest BCUT2D eigenvalue weighted by Gasteiger charge is 2.35. The van der Waals surface area contributed by atoms with Gasteiger partial charge in [0.2, 0.25) is 0 Å². The van der Waals surface area contributed by atoms with Crippen molar-refractivity contribution in [2.45, 2.75) is 50.4 Å². The maximum absolute atomic E-state index is 13.2. The van der Waals surface area contributed by atoms with Gasteiger partial charge in [0, 0.05) is 29.5 Å². The molecule has 1 aliphatic heterocycles. The summed E-state index contributed by atoms with van der Waals surface area (Å²) in [5.74, 6) is -2.05. The van der Waals surface area contributed by atoms with Crippen LogP contribution in [0.5, 0.6) is 0 Å². The van der Waals surface area contributed by atoms with E-state index in [1.54, 1.807) is 0 Å². The summed E-state index contributed by atoms with van der Waals surface area (Å²) in [5, 5.41) is 2.91. The Morgan fingerprint density at radius 1 is 1.22 bits per heavy atom. The minimum absolute atomic E-state index is 0.109. The lowest BCUT2D eigenvalue weighted by Crippen LogP contribution is -2.44. The van der Waals surface area contributed by atoms with Crippen molar-refractivity contribution in [1.29, 1.82) is 0 Å². The predicted octanol–water partition coefficient (Wildman–Crippen LogP) is 5.21. The number of anilines is 1. The molecule has 3 rings (SSSR count). The number of halogens is 3. The summed E-state index contributed by atoms with van der Waals surface area (Å²) >= 11 is 2.20. The Bertz CT molecular complexity index is 578. The molecule has 1 saturated carbocycles. The predicted molar refractivity (Wildman–Crippen MR) is 95.1 cm³/mol. The second kappa shape index (κ2) is 6.91. The van der Waals surface area contributed by atoms with Crippen LogP contribution in [0.2, 0.25) is 0 Å². The number of hydrogen-bond donors (Lipinski definition) is 1. The summed E-state index contributed by atoms with van der Waals surface area (Å²) in [6, 6.07) is 5.93. The lowest BCUT2D eigenvalue weighted by atomic mass is 9.97. The topological polar surface area (TPSA) is 32.3 Å². The van der Waals surface area contributed by atoms with Gasteiger partial charge in [-0.3, -0.25) is 0 Å². The maximum atomic E-state index is 13.2. The molecule has 1 aromatic rings. The first-order chi connectivity index (χ1) is 10.9. The molecule has 1 saturated heterocycles. The molecule has 1 aromatic carbocycles. The fourth-order valence-electron chi connectivity index (χ4n) is 3.38. The summed E-state index contributed by atoms with van der Waals surface area (Å²) in [7, 11) is 0. The molecule has 0 spiro atoms. The number of benzene rings is 1. The van der Waals surface area contributed by atoms with E-state index in [-0.39, 0.29) is 32.0 Å². The highest BCUT2D eigenvalue weighted by molar-refractivity contribution is 14.1. The van der Waals surface area contributed by atoms with Crippen molar-refractivity contribution >= 4 is 34.3 Å². The summed E-state index contributed by atoms with van der Waals surface area (Å²) < 4.78 is 27.4. The minimum Gasteiger partial charge on any atom is -0.324 e. The van der Waals surface area contributed by atoms with Crippen molar-refractivity contribution in [1.82, 2.24) is 4.90 Å². The number of amides is 2. The van der Waals surface area contributed by atoms with E-state index in [4.69, 9.17) is 0 Å². The second-order valence-electron chi connectivity index (χ2n) is 6.49. The lowest BCUT2D eigenvalue weighted by molar-refractivity contribution is -0.0461. The molecule has 1 aliphatic carbocycles. The number of nitrogens with one attached hydrogen (secondary N) is 1. The number of urea groups is 1. The number of alkyl halides is 2. The Hall–Kier alpha value is -0.920. The zero-order valence-corrected chi connectivity index (χ0v) is 15.1. The van der Waals surface area contributed by atoms with Crippen LogP contribution in [0.3, 0.4) is 0 Å². The van der Waals surface area contributed by atoms with Crippen molar-refractivity contribution in [3.05, 3.63) is 27.3 Å². The van der Waals surface area contributed by atoms with Gasteiger partial charge in [0.25, 0.3) is 5.92 Å². The monoisotopic (exact) mass is 434 g/mol. The molecular formula is C17H21F2IN2O. The van der Waals surface area contributed by atoms with Gasteiger partial charge in [0.05, 0.1) is 5.69 Å².